The van der Waals surface area contributed by atoms with Gasteiger partial charge in [-0.3, -0.25) is 0 Å². The Bertz CT molecular complexity index is 464. The number of fused-ring (bicyclic) bond motifs is 1. The predicted octanol–water partition coefficient (Wildman–Crippen LogP) is 1.83. The molecule has 4 heteroatoms. The van der Waals surface area contributed by atoms with Crippen molar-refractivity contribution < 1.29 is 4.79 Å². The standard InChI is InChI=1S/C11H11N3O/c15-8-12-7-3-6-11-13-9-4-1-2-5-10(9)14-11/h1-2,4-5H,3,6-7H2,(H,13,14). The van der Waals surface area contributed by atoms with E-state index in [4.69, 9.17) is 0 Å². The SMILES string of the molecule is O=C=NCCCc1nc2ccccc2[nH]1. The highest BCUT2D eigenvalue weighted by Gasteiger charge is 2.00. The van der Waals surface area contributed by atoms with Crippen molar-refractivity contribution in [3.8, 4) is 0 Å². The molecule has 0 saturated heterocycles. The largest absolute Gasteiger partial charge is 0.342 e. The lowest BCUT2D eigenvalue weighted by atomic mass is 10.3. The van der Waals surface area contributed by atoms with Gasteiger partial charge in [-0.1, -0.05) is 12.1 Å². The number of rotatable bonds is 4. The molecule has 0 bridgehead atoms. The molecule has 1 aromatic carbocycles. The van der Waals surface area contributed by atoms with Gasteiger partial charge < -0.3 is 4.98 Å². The third-order valence-electron chi connectivity index (χ3n) is 2.19. The molecule has 0 saturated carbocycles. The second kappa shape index (κ2) is 4.53. The Morgan fingerprint density at radius 2 is 2.27 bits per heavy atom. The third-order valence-corrected chi connectivity index (χ3v) is 2.19. The minimum absolute atomic E-state index is 0.514. The Morgan fingerprint density at radius 1 is 1.40 bits per heavy atom. The molecule has 76 valence electrons. The van der Waals surface area contributed by atoms with Gasteiger partial charge in [-0.05, 0) is 18.6 Å². The van der Waals surface area contributed by atoms with Crippen molar-refractivity contribution >= 4 is 17.1 Å². The van der Waals surface area contributed by atoms with Gasteiger partial charge in [0, 0.05) is 6.42 Å². The normalized spacial score (nSPS) is 10.1. The van der Waals surface area contributed by atoms with E-state index in [2.05, 4.69) is 15.0 Å². The highest BCUT2D eigenvalue weighted by Crippen LogP contribution is 2.11. The van der Waals surface area contributed by atoms with Crippen LogP contribution in [-0.4, -0.2) is 22.6 Å². The van der Waals surface area contributed by atoms with Crippen molar-refractivity contribution in [3.63, 3.8) is 0 Å². The molecule has 0 atom stereocenters. The molecule has 1 aromatic heterocycles. The first kappa shape index (κ1) is 9.62. The molecule has 1 heterocycles. The number of para-hydroxylation sites is 2. The predicted molar refractivity (Wildman–Crippen MR) is 57.4 cm³/mol. The van der Waals surface area contributed by atoms with Crippen LogP contribution in [0.4, 0.5) is 0 Å². The first-order valence-corrected chi connectivity index (χ1v) is 4.87. The quantitative estimate of drug-likeness (QED) is 0.466. The average Bonchev–Trinajstić information content (AvgIpc) is 2.67. The number of nitrogens with one attached hydrogen (secondary N) is 1. The minimum atomic E-state index is 0.514. The van der Waals surface area contributed by atoms with Gasteiger partial charge in [0.05, 0.1) is 17.6 Å². The second-order valence-electron chi connectivity index (χ2n) is 3.28. The number of hydrogen-bond acceptors (Lipinski definition) is 3. The maximum absolute atomic E-state index is 9.84. The fourth-order valence-electron chi connectivity index (χ4n) is 1.50. The van der Waals surface area contributed by atoms with E-state index in [1.807, 2.05) is 24.3 Å². The van der Waals surface area contributed by atoms with Crippen molar-refractivity contribution in [2.45, 2.75) is 12.8 Å². The number of H-pyrrole nitrogens is 1. The molecular formula is C11H11N3O. The van der Waals surface area contributed by atoms with Crippen LogP contribution in [0.3, 0.4) is 0 Å². The topological polar surface area (TPSA) is 58.1 Å². The number of imidazole rings is 1. The van der Waals surface area contributed by atoms with Gasteiger partial charge in [0.15, 0.2) is 0 Å². The van der Waals surface area contributed by atoms with Crippen LogP contribution in [0.25, 0.3) is 11.0 Å². The molecule has 0 spiro atoms. The van der Waals surface area contributed by atoms with E-state index in [1.54, 1.807) is 0 Å². The summed E-state index contributed by atoms with van der Waals surface area (Å²) in [6, 6.07) is 7.90. The van der Waals surface area contributed by atoms with Crippen LogP contribution in [0.1, 0.15) is 12.2 Å². The zero-order chi connectivity index (χ0) is 10.5. The summed E-state index contributed by atoms with van der Waals surface area (Å²) in [6.45, 7) is 0.514. The molecule has 2 rings (SSSR count). The Labute approximate surface area is 87.1 Å². The summed E-state index contributed by atoms with van der Waals surface area (Å²) in [6.07, 6.45) is 3.14. The van der Waals surface area contributed by atoms with Gasteiger partial charge >= 0.3 is 0 Å². The van der Waals surface area contributed by atoms with E-state index < -0.39 is 0 Å². The molecule has 0 aliphatic rings. The van der Waals surface area contributed by atoms with Gasteiger partial charge in [-0.15, -0.1) is 0 Å². The van der Waals surface area contributed by atoms with E-state index in [0.717, 1.165) is 29.7 Å². The van der Waals surface area contributed by atoms with Crippen LogP contribution in [-0.2, 0) is 11.2 Å². The van der Waals surface area contributed by atoms with Crippen molar-refractivity contribution in [1.29, 1.82) is 0 Å². The Morgan fingerprint density at radius 3 is 3.07 bits per heavy atom. The Balaban J connectivity index is 2.05. The Kier molecular flexibility index (Phi) is 2.90. The lowest BCUT2D eigenvalue weighted by Gasteiger charge is -1.90. The lowest BCUT2D eigenvalue weighted by Crippen LogP contribution is -1.90. The van der Waals surface area contributed by atoms with Crippen molar-refractivity contribution in [1.82, 2.24) is 9.97 Å². The molecule has 0 amide bonds. The van der Waals surface area contributed by atoms with Crippen LogP contribution in [0, 0.1) is 0 Å². The lowest BCUT2D eigenvalue weighted by molar-refractivity contribution is 0.562. The highest BCUT2D eigenvalue weighted by molar-refractivity contribution is 5.74. The molecule has 4 nitrogen and oxygen atoms in total. The van der Waals surface area contributed by atoms with Crippen LogP contribution < -0.4 is 0 Å². The van der Waals surface area contributed by atoms with E-state index in [-0.39, 0.29) is 0 Å². The molecule has 0 aliphatic carbocycles. The number of isocyanates is 1. The van der Waals surface area contributed by atoms with Gasteiger partial charge in [-0.2, -0.15) is 0 Å². The fourth-order valence-corrected chi connectivity index (χ4v) is 1.50. The monoisotopic (exact) mass is 201 g/mol. The van der Waals surface area contributed by atoms with E-state index in [1.165, 1.54) is 6.08 Å². The smallest absolute Gasteiger partial charge is 0.234 e. The number of aromatic nitrogens is 2. The third kappa shape index (κ3) is 2.30. The van der Waals surface area contributed by atoms with Crippen molar-refractivity contribution in [2.24, 2.45) is 4.99 Å². The van der Waals surface area contributed by atoms with E-state index in [9.17, 15) is 4.79 Å². The molecule has 2 aromatic rings. The van der Waals surface area contributed by atoms with Gasteiger partial charge in [0.25, 0.3) is 0 Å². The van der Waals surface area contributed by atoms with E-state index >= 15 is 0 Å². The second-order valence-corrected chi connectivity index (χ2v) is 3.28. The van der Waals surface area contributed by atoms with Gasteiger partial charge in [0.2, 0.25) is 6.08 Å². The van der Waals surface area contributed by atoms with Gasteiger partial charge in [-0.25, -0.2) is 14.8 Å². The molecule has 0 aliphatic heterocycles. The maximum atomic E-state index is 9.84. The summed E-state index contributed by atoms with van der Waals surface area (Å²) in [4.78, 5) is 21.0. The van der Waals surface area contributed by atoms with Gasteiger partial charge in [0.1, 0.15) is 5.82 Å². The molecule has 0 radical (unpaired) electrons. The van der Waals surface area contributed by atoms with Crippen LogP contribution >= 0.6 is 0 Å². The first-order valence-electron chi connectivity index (χ1n) is 4.87. The number of benzene rings is 1. The number of aromatic amines is 1. The van der Waals surface area contributed by atoms with E-state index in [0.29, 0.717) is 6.54 Å². The summed E-state index contributed by atoms with van der Waals surface area (Å²) in [5, 5.41) is 0. The maximum Gasteiger partial charge on any atom is 0.234 e. The fraction of sp³-hybridized carbons (Fsp3) is 0.273. The number of carbonyl (C=O) groups excluding carboxylic acids is 1. The molecular weight excluding hydrogens is 190 g/mol. The molecule has 0 fully saturated rings. The number of aryl methyl sites for hydroxylation is 1. The average molecular weight is 201 g/mol. The van der Waals surface area contributed by atoms with Crippen LogP contribution in [0.15, 0.2) is 29.3 Å². The summed E-state index contributed by atoms with van der Waals surface area (Å²) in [5.41, 5.74) is 2.03. The highest BCUT2D eigenvalue weighted by atomic mass is 16.1. The number of nitrogens with zero attached hydrogens (tertiary/aromatic N) is 2. The molecule has 1 N–H and O–H groups in total. The first-order chi connectivity index (χ1) is 7.40. The summed E-state index contributed by atoms with van der Waals surface area (Å²) >= 11 is 0. The van der Waals surface area contributed by atoms with Crippen LogP contribution in [0.5, 0.6) is 0 Å². The zero-order valence-corrected chi connectivity index (χ0v) is 8.23. The minimum Gasteiger partial charge on any atom is -0.342 e. The molecule has 15 heavy (non-hydrogen) atoms. The number of hydrogen-bond donors (Lipinski definition) is 1. The zero-order valence-electron chi connectivity index (χ0n) is 8.23. The van der Waals surface area contributed by atoms with Crippen LogP contribution in [0.2, 0.25) is 0 Å². The van der Waals surface area contributed by atoms with Crippen molar-refractivity contribution in [2.75, 3.05) is 6.54 Å². The molecule has 0 unspecified atom stereocenters. The van der Waals surface area contributed by atoms with Crippen molar-refractivity contribution in [3.05, 3.63) is 30.1 Å². The summed E-state index contributed by atoms with van der Waals surface area (Å²) in [5.74, 6) is 0.942. The summed E-state index contributed by atoms with van der Waals surface area (Å²) < 4.78 is 0. The summed E-state index contributed by atoms with van der Waals surface area (Å²) in [7, 11) is 0. The Hall–Kier alpha value is -1.93. The number of aliphatic imine (C=N–C) groups is 1.